The molecule has 3 N–H and O–H groups in total. The third kappa shape index (κ3) is 4.71. The fraction of sp³-hybridized carbons (Fsp3) is 0.500. The minimum Gasteiger partial charge on any atom is -0.494 e. The average Bonchev–Trinajstić information content (AvgIpc) is 2.62. The maximum absolute atomic E-state index is 12.6. The van der Waals surface area contributed by atoms with E-state index in [1.165, 1.54) is 6.07 Å². The molecule has 0 radical (unpaired) electrons. The number of nitrogens with one attached hydrogen (secondary N) is 1. The van der Waals surface area contributed by atoms with Gasteiger partial charge >= 0.3 is 0 Å². The van der Waals surface area contributed by atoms with Gasteiger partial charge in [0.2, 0.25) is 11.8 Å². The molecule has 136 valence electrons. The molecule has 0 saturated carbocycles. The molecule has 1 aromatic rings. The minimum atomic E-state index is -0.636. The second-order valence-corrected chi connectivity index (χ2v) is 6.03. The van der Waals surface area contributed by atoms with Gasteiger partial charge in [0.25, 0.3) is 5.91 Å². The number of nitrogens with two attached hydrogens (primary N) is 1. The van der Waals surface area contributed by atoms with Crippen molar-refractivity contribution in [2.45, 2.75) is 33.1 Å². The number of benzene rings is 1. The van der Waals surface area contributed by atoms with Crippen LogP contribution < -0.4 is 15.8 Å². The number of hydrogen-bond acceptors (Lipinski definition) is 4. The molecule has 7 heteroatoms. The Morgan fingerprint density at radius 1 is 1.32 bits per heavy atom. The Labute approximate surface area is 147 Å². The average molecular weight is 347 g/mol. The second-order valence-electron chi connectivity index (χ2n) is 6.03. The lowest BCUT2D eigenvalue weighted by molar-refractivity contribution is -0.134. The van der Waals surface area contributed by atoms with Gasteiger partial charge < -0.3 is 20.7 Å². The van der Waals surface area contributed by atoms with Crippen LogP contribution in [0.15, 0.2) is 18.2 Å². The molecule has 3 amide bonds. The summed E-state index contributed by atoms with van der Waals surface area (Å²) in [7, 11) is 0. The molecule has 1 aliphatic heterocycles. The summed E-state index contributed by atoms with van der Waals surface area (Å²) in [4.78, 5) is 37.8. The lowest BCUT2D eigenvalue weighted by Crippen LogP contribution is -2.43. The van der Waals surface area contributed by atoms with E-state index in [0.29, 0.717) is 44.0 Å². The van der Waals surface area contributed by atoms with Crippen molar-refractivity contribution in [1.82, 2.24) is 4.90 Å². The number of rotatable bonds is 6. The molecule has 1 unspecified atom stereocenters. The number of carbonyl (C=O) groups is 3. The molecule has 7 nitrogen and oxygen atoms in total. The maximum Gasteiger partial charge on any atom is 0.250 e. The Kier molecular flexibility index (Phi) is 6.38. The molecule has 1 atom stereocenters. The van der Waals surface area contributed by atoms with E-state index in [1.54, 1.807) is 17.0 Å². The smallest absolute Gasteiger partial charge is 0.250 e. The standard InChI is InChI=1S/C18H25N3O4/c1-3-16(22)21-9-5-6-12(11-21)18(24)20-15-8-7-13(25-4-2)10-14(15)17(19)23/h7-8,10,12H,3-6,9,11H2,1-2H3,(H2,19,23)(H,20,24). The van der Waals surface area contributed by atoms with Crippen molar-refractivity contribution in [3.8, 4) is 5.75 Å². The molecular weight excluding hydrogens is 322 g/mol. The fourth-order valence-corrected chi connectivity index (χ4v) is 2.97. The van der Waals surface area contributed by atoms with Crippen LogP contribution >= 0.6 is 0 Å². The highest BCUT2D eigenvalue weighted by molar-refractivity contribution is 6.04. The van der Waals surface area contributed by atoms with Crippen LogP contribution in [0.2, 0.25) is 0 Å². The predicted molar refractivity (Wildman–Crippen MR) is 94.4 cm³/mol. The van der Waals surface area contributed by atoms with Gasteiger partial charge in [-0.2, -0.15) is 0 Å². The quantitative estimate of drug-likeness (QED) is 0.819. The molecule has 1 aliphatic rings. The number of hydrogen-bond donors (Lipinski definition) is 2. The summed E-state index contributed by atoms with van der Waals surface area (Å²) in [6.45, 7) is 5.21. The van der Waals surface area contributed by atoms with E-state index in [9.17, 15) is 14.4 Å². The molecular formula is C18H25N3O4. The Morgan fingerprint density at radius 2 is 2.08 bits per heavy atom. The minimum absolute atomic E-state index is 0.0522. The van der Waals surface area contributed by atoms with Gasteiger partial charge in [-0.3, -0.25) is 14.4 Å². The molecule has 1 heterocycles. The van der Waals surface area contributed by atoms with E-state index in [1.807, 2.05) is 13.8 Å². The van der Waals surface area contributed by atoms with Crippen molar-refractivity contribution in [3.05, 3.63) is 23.8 Å². The third-order valence-electron chi connectivity index (χ3n) is 4.27. The maximum atomic E-state index is 12.6. The van der Waals surface area contributed by atoms with Gasteiger partial charge in [-0.05, 0) is 38.0 Å². The zero-order chi connectivity index (χ0) is 18.4. The first-order chi connectivity index (χ1) is 12.0. The van der Waals surface area contributed by atoms with Gasteiger partial charge in [-0.1, -0.05) is 6.92 Å². The first kappa shape index (κ1) is 18.8. The van der Waals surface area contributed by atoms with Gasteiger partial charge in [-0.25, -0.2) is 0 Å². The van der Waals surface area contributed by atoms with Crippen molar-refractivity contribution >= 4 is 23.4 Å². The Bertz CT molecular complexity index is 660. The molecule has 1 fully saturated rings. The number of nitrogens with zero attached hydrogens (tertiary/aromatic N) is 1. The van der Waals surface area contributed by atoms with Crippen LogP contribution in [0.4, 0.5) is 5.69 Å². The van der Waals surface area contributed by atoms with Crippen LogP contribution in [0, 0.1) is 5.92 Å². The zero-order valence-corrected chi connectivity index (χ0v) is 14.7. The normalized spacial score (nSPS) is 17.0. The van der Waals surface area contributed by atoms with Crippen molar-refractivity contribution in [1.29, 1.82) is 0 Å². The topological polar surface area (TPSA) is 102 Å². The highest BCUT2D eigenvalue weighted by Gasteiger charge is 2.28. The molecule has 25 heavy (non-hydrogen) atoms. The summed E-state index contributed by atoms with van der Waals surface area (Å²) >= 11 is 0. The zero-order valence-electron chi connectivity index (χ0n) is 14.7. The Morgan fingerprint density at radius 3 is 2.72 bits per heavy atom. The van der Waals surface area contributed by atoms with E-state index in [4.69, 9.17) is 10.5 Å². The largest absolute Gasteiger partial charge is 0.494 e. The molecule has 2 rings (SSSR count). The van der Waals surface area contributed by atoms with Crippen LogP contribution in [-0.4, -0.2) is 42.3 Å². The second kappa shape index (κ2) is 8.50. The van der Waals surface area contributed by atoms with E-state index in [-0.39, 0.29) is 23.3 Å². The summed E-state index contributed by atoms with van der Waals surface area (Å²) in [5.74, 6) is -0.567. The van der Waals surface area contributed by atoms with Crippen LogP contribution in [0.1, 0.15) is 43.5 Å². The fourth-order valence-electron chi connectivity index (χ4n) is 2.97. The van der Waals surface area contributed by atoms with Crippen molar-refractivity contribution < 1.29 is 19.1 Å². The van der Waals surface area contributed by atoms with E-state index < -0.39 is 5.91 Å². The lowest BCUT2D eigenvalue weighted by Gasteiger charge is -2.32. The molecule has 0 aromatic heterocycles. The number of carbonyl (C=O) groups excluding carboxylic acids is 3. The predicted octanol–water partition coefficient (Wildman–Crippen LogP) is 1.77. The molecule has 0 spiro atoms. The van der Waals surface area contributed by atoms with Gasteiger partial charge in [-0.15, -0.1) is 0 Å². The summed E-state index contributed by atoms with van der Waals surface area (Å²) in [6, 6.07) is 4.81. The third-order valence-corrected chi connectivity index (χ3v) is 4.27. The molecule has 1 aromatic carbocycles. The molecule has 0 bridgehead atoms. The highest BCUT2D eigenvalue weighted by Crippen LogP contribution is 2.24. The summed E-state index contributed by atoms with van der Waals surface area (Å²) < 4.78 is 5.36. The number of likely N-dealkylation sites (tertiary alicyclic amines) is 1. The summed E-state index contributed by atoms with van der Waals surface area (Å²) in [6.07, 6.45) is 1.93. The van der Waals surface area contributed by atoms with Crippen molar-refractivity contribution in [3.63, 3.8) is 0 Å². The first-order valence-corrected chi connectivity index (χ1v) is 8.61. The number of piperidine rings is 1. The first-order valence-electron chi connectivity index (χ1n) is 8.61. The van der Waals surface area contributed by atoms with Crippen LogP contribution in [-0.2, 0) is 9.59 Å². The van der Waals surface area contributed by atoms with Crippen molar-refractivity contribution in [2.75, 3.05) is 25.0 Å². The molecule has 0 aliphatic carbocycles. The number of ether oxygens (including phenoxy) is 1. The Balaban J connectivity index is 2.11. The van der Waals surface area contributed by atoms with E-state index >= 15 is 0 Å². The SMILES string of the molecule is CCOc1ccc(NC(=O)C2CCCN(C(=O)CC)C2)c(C(N)=O)c1. The number of anilines is 1. The number of amides is 3. The van der Waals surface area contributed by atoms with Gasteiger partial charge in [0, 0.05) is 19.5 Å². The van der Waals surface area contributed by atoms with Crippen LogP contribution in [0.3, 0.4) is 0 Å². The van der Waals surface area contributed by atoms with Crippen molar-refractivity contribution in [2.24, 2.45) is 11.7 Å². The van der Waals surface area contributed by atoms with Gasteiger partial charge in [0.05, 0.1) is 23.8 Å². The van der Waals surface area contributed by atoms with Crippen LogP contribution in [0.25, 0.3) is 0 Å². The number of primary amides is 1. The van der Waals surface area contributed by atoms with E-state index in [0.717, 1.165) is 6.42 Å². The Hall–Kier alpha value is -2.57. The van der Waals surface area contributed by atoms with E-state index in [2.05, 4.69) is 5.32 Å². The monoisotopic (exact) mass is 347 g/mol. The summed E-state index contributed by atoms with van der Waals surface area (Å²) in [5, 5.41) is 2.78. The van der Waals surface area contributed by atoms with Crippen LogP contribution in [0.5, 0.6) is 5.75 Å². The van der Waals surface area contributed by atoms with Gasteiger partial charge in [0.15, 0.2) is 0 Å². The van der Waals surface area contributed by atoms with Gasteiger partial charge in [0.1, 0.15) is 5.75 Å². The molecule has 1 saturated heterocycles. The lowest BCUT2D eigenvalue weighted by atomic mass is 9.96. The highest BCUT2D eigenvalue weighted by atomic mass is 16.5. The summed E-state index contributed by atoms with van der Waals surface area (Å²) in [5.41, 5.74) is 5.98.